The van der Waals surface area contributed by atoms with Gasteiger partial charge in [0.15, 0.2) is 0 Å². The number of nitrogens with zero attached hydrogens (tertiary/aromatic N) is 7. The van der Waals surface area contributed by atoms with Crippen molar-refractivity contribution in [3.8, 4) is 54.4 Å². The molecule has 0 bridgehead atoms. The van der Waals surface area contributed by atoms with Crippen LogP contribution in [-0.4, -0.2) is 49.6 Å². The summed E-state index contributed by atoms with van der Waals surface area (Å²) in [4.78, 5) is 52.7. The zero-order chi connectivity index (χ0) is 52.3. The van der Waals surface area contributed by atoms with Gasteiger partial charge in [0, 0.05) is 33.2 Å². The van der Waals surface area contributed by atoms with Crippen LogP contribution >= 0.6 is 34.9 Å². The number of ether oxygens (including phenoxy) is 3. The fraction of sp³-hybridized carbons (Fsp3) is 0.241. The Labute approximate surface area is 453 Å². The van der Waals surface area contributed by atoms with Crippen molar-refractivity contribution in [2.24, 2.45) is 0 Å². The number of alkyl halides is 3. The van der Waals surface area contributed by atoms with E-state index < -0.39 is 11.9 Å². The molecule has 0 aliphatic heterocycles. The number of pyridine rings is 4. The Morgan fingerprint density at radius 2 is 1.16 bits per heavy atom. The number of rotatable bonds is 24. The van der Waals surface area contributed by atoms with E-state index in [0.29, 0.717) is 53.4 Å². The van der Waals surface area contributed by atoms with E-state index in [4.69, 9.17) is 5.41 Å². The number of hydrogen-bond donors (Lipinski definition) is 0. The maximum atomic E-state index is 13.1. The topological polar surface area (TPSA) is 180 Å². The van der Waals surface area contributed by atoms with Gasteiger partial charge in [0.1, 0.15) is 5.69 Å². The fourth-order valence-corrected chi connectivity index (χ4v) is 9.53. The van der Waals surface area contributed by atoms with E-state index in [9.17, 15) is 27.6 Å². The van der Waals surface area contributed by atoms with Gasteiger partial charge in [-0.25, -0.2) is 4.98 Å². The first-order chi connectivity index (χ1) is 35.5. The molecule has 0 N–H and O–H groups in total. The summed E-state index contributed by atoms with van der Waals surface area (Å²) in [7, 11) is 0. The van der Waals surface area contributed by atoms with Gasteiger partial charge in [-0.1, -0.05) is 70.3 Å². The number of aromatic nitrogens is 6. The molecule has 7 rings (SSSR count). The summed E-state index contributed by atoms with van der Waals surface area (Å²) >= 11 is 7.27. The van der Waals surface area contributed by atoms with Crippen molar-refractivity contribution in [3.05, 3.63) is 148 Å². The second-order valence-electron chi connectivity index (χ2n) is 15.7. The van der Waals surface area contributed by atoms with E-state index in [1.165, 1.54) is 89.8 Å². The minimum Gasteiger partial charge on any atom is -0.753 e. The number of thiocarbonyl (C=S) groups is 1. The van der Waals surface area contributed by atoms with Crippen molar-refractivity contribution in [2.75, 3.05) is 0 Å². The van der Waals surface area contributed by atoms with Crippen LogP contribution in [0, 0.1) is 0 Å². The van der Waals surface area contributed by atoms with Crippen LogP contribution in [-0.2, 0) is 67.1 Å². The van der Waals surface area contributed by atoms with Crippen LogP contribution in [0.2, 0.25) is 0 Å². The number of halogens is 3. The van der Waals surface area contributed by atoms with Crippen molar-refractivity contribution in [1.29, 1.82) is 0 Å². The normalized spacial score (nSPS) is 11.0. The molecule has 13 nitrogen and oxygen atoms in total. The standard InChI is InChI=1S/C29H33F3N3S2.C24H17N3O6.CNS.Ru/c1-3-5-7-9-11-20-14-16-36-28(20)25-18-21(12-10-8-6-4-2)27(37-25)22-13-15-33-23(17-22)24-19-26(35-34-24)29(30,31)32;28-15-31-8-3-18-1-6-25-21(11-18)23-13-20(5-10-33-17-30)14-24(27-23)22-12-19(2-7-26-22)4-9-32-16-29;2-1-3;/h13-19H,3-12H2,1-2H3;1-17H;;/q-1;;-1;+2/b;8-3+,9-4+,10-5+;;. The van der Waals surface area contributed by atoms with E-state index in [1.807, 2.05) is 12.1 Å². The predicted octanol–water partition coefficient (Wildman–Crippen LogP) is 14.1. The Bertz CT molecular complexity index is 2920. The van der Waals surface area contributed by atoms with Gasteiger partial charge >= 0.3 is 25.7 Å². The van der Waals surface area contributed by atoms with Crippen molar-refractivity contribution >= 4 is 77.7 Å². The molecule has 0 aliphatic rings. The van der Waals surface area contributed by atoms with E-state index in [1.54, 1.807) is 95.9 Å². The van der Waals surface area contributed by atoms with Gasteiger partial charge in [-0.15, -0.1) is 22.7 Å². The largest absolute Gasteiger partial charge is 2.00 e. The molecule has 7 aromatic rings. The fourth-order valence-electron chi connectivity index (χ4n) is 7.22. The van der Waals surface area contributed by atoms with Crippen LogP contribution in [0.3, 0.4) is 0 Å². The summed E-state index contributed by atoms with van der Waals surface area (Å²) in [5.41, 5.74) is 7.60. The molecule has 0 amide bonds. The third-order valence-electron chi connectivity index (χ3n) is 10.6. The average Bonchev–Trinajstić information content (AvgIpc) is 4.19. The Morgan fingerprint density at radius 1 is 0.649 bits per heavy atom. The molecule has 0 spiro atoms. The number of thiophene rings is 2. The number of isothiocyanates is 1. The molecule has 0 atom stereocenters. The molecule has 20 heteroatoms. The summed E-state index contributed by atoms with van der Waals surface area (Å²) in [6.07, 6.45) is 20.7. The zero-order valence-electron chi connectivity index (χ0n) is 40.2. The van der Waals surface area contributed by atoms with Gasteiger partial charge in [-0.05, 0) is 149 Å². The minimum absolute atomic E-state index is 0. The predicted molar refractivity (Wildman–Crippen MR) is 283 cm³/mol. The molecular weight excluding hydrogens is 1100 g/mol. The first-order valence-corrected chi connectivity index (χ1v) is 25.1. The molecule has 7 aromatic heterocycles. The van der Waals surface area contributed by atoms with Gasteiger partial charge < -0.3 is 29.8 Å². The molecule has 7 heterocycles. The van der Waals surface area contributed by atoms with E-state index in [0.717, 1.165) is 46.9 Å². The maximum Gasteiger partial charge on any atom is 2.00 e. The minimum atomic E-state index is -4.52. The van der Waals surface area contributed by atoms with Crippen molar-refractivity contribution in [2.45, 2.75) is 84.2 Å². The van der Waals surface area contributed by atoms with Crippen LogP contribution in [0.25, 0.3) is 78.0 Å². The van der Waals surface area contributed by atoms with Crippen molar-refractivity contribution in [3.63, 3.8) is 0 Å². The second-order valence-corrected chi connectivity index (χ2v) is 17.9. The number of carbonyl (C=O) groups excluding carboxylic acids is 3. The van der Waals surface area contributed by atoms with E-state index in [2.05, 4.69) is 87.9 Å². The van der Waals surface area contributed by atoms with Crippen molar-refractivity contribution < 1.29 is 61.2 Å². The van der Waals surface area contributed by atoms with Crippen LogP contribution in [0.15, 0.2) is 109 Å². The molecule has 0 unspecified atom stereocenters. The Kier molecular flexibility index (Phi) is 26.0. The van der Waals surface area contributed by atoms with Crippen LogP contribution in [0.5, 0.6) is 0 Å². The maximum absolute atomic E-state index is 13.1. The number of aryl methyl sites for hydroxylation is 2. The second kappa shape index (κ2) is 32.3. The molecule has 0 aromatic carbocycles. The van der Waals surface area contributed by atoms with Crippen LogP contribution < -0.4 is 5.10 Å². The Balaban J connectivity index is 0.000000302. The van der Waals surface area contributed by atoms with Crippen LogP contribution in [0.4, 0.5) is 13.2 Å². The summed E-state index contributed by atoms with van der Waals surface area (Å²) in [5.74, 6) is 0. The average molecular weight is 1150 g/mol. The third kappa shape index (κ3) is 18.8. The molecule has 384 valence electrons. The summed E-state index contributed by atoms with van der Waals surface area (Å²) in [6.45, 7) is 5.41. The van der Waals surface area contributed by atoms with E-state index >= 15 is 0 Å². The molecule has 0 radical (unpaired) electrons. The van der Waals surface area contributed by atoms with Crippen molar-refractivity contribution in [1.82, 2.24) is 30.1 Å². The Hall–Kier alpha value is -6.95. The smallest absolute Gasteiger partial charge is 0.753 e. The molecule has 74 heavy (non-hydrogen) atoms. The molecule has 0 aliphatic carbocycles. The van der Waals surface area contributed by atoms with Gasteiger partial charge in [-0.3, -0.25) is 29.3 Å². The number of hydrogen-bond acceptors (Lipinski definition) is 14. The first-order valence-electron chi connectivity index (χ1n) is 23.0. The zero-order valence-corrected chi connectivity index (χ0v) is 44.4. The number of carbonyl (C=O) groups is 3. The van der Waals surface area contributed by atoms with Gasteiger partial charge in [0.05, 0.1) is 47.3 Å². The molecule has 0 saturated carbocycles. The monoisotopic (exact) mass is 1150 g/mol. The quantitative estimate of drug-likeness (QED) is 0.0106. The van der Waals surface area contributed by atoms with E-state index in [-0.39, 0.29) is 25.2 Å². The SMILES string of the molecule is CCCCCCc1cc(-c2sccc2CCCCCC)sc1-c1ccnc(-c2cc(C(F)(F)F)n[n-]2)c1.O=CO/C=C/c1ccnc(-c2cc(/C=C/OC=O)cc(-c3cc(/C=C/OC=O)ccn3)n2)c1.[N-]=C=S.[Ru+2]. The summed E-state index contributed by atoms with van der Waals surface area (Å²) in [5, 5.41) is 17.7. The molecule has 0 fully saturated rings. The molecule has 0 saturated heterocycles. The third-order valence-corrected chi connectivity index (χ3v) is 13.0. The number of unbranched alkanes of at least 4 members (excludes halogenated alkanes) is 6. The summed E-state index contributed by atoms with van der Waals surface area (Å²) < 4.78 is 53.0. The Morgan fingerprint density at radius 3 is 1.69 bits per heavy atom. The van der Waals surface area contributed by atoms with Gasteiger partial charge in [0.2, 0.25) is 0 Å². The van der Waals surface area contributed by atoms with Gasteiger partial charge in [0.25, 0.3) is 19.4 Å². The van der Waals surface area contributed by atoms with Gasteiger partial charge in [-0.2, -0.15) is 18.3 Å². The molecular formula is C54H50F3N7O6RuS3. The first kappa shape index (κ1) is 59.6. The summed E-state index contributed by atoms with van der Waals surface area (Å²) in [6, 6.07) is 19.9. The van der Waals surface area contributed by atoms with Crippen LogP contribution in [0.1, 0.15) is 98.7 Å².